The number of amides is 3. The van der Waals surface area contributed by atoms with Gasteiger partial charge in [0, 0.05) is 13.1 Å². The van der Waals surface area contributed by atoms with Crippen molar-refractivity contribution in [2.75, 3.05) is 26.7 Å². The lowest BCUT2D eigenvalue weighted by molar-refractivity contribution is -0.135. The van der Waals surface area contributed by atoms with Gasteiger partial charge >= 0.3 is 5.97 Å². The molecule has 2 saturated heterocycles. The van der Waals surface area contributed by atoms with Gasteiger partial charge in [-0.05, 0) is 72.6 Å². The molecule has 2 heterocycles. The summed E-state index contributed by atoms with van der Waals surface area (Å²) < 4.78 is 10.4. The van der Waals surface area contributed by atoms with Gasteiger partial charge in [0.15, 0.2) is 0 Å². The Morgan fingerprint density at radius 1 is 1.09 bits per heavy atom. The third kappa shape index (κ3) is 5.26. The van der Waals surface area contributed by atoms with Gasteiger partial charge in [-0.3, -0.25) is 19.3 Å². The molecule has 0 saturated carbocycles. The fourth-order valence-corrected chi connectivity index (χ4v) is 4.63. The molecule has 2 aliphatic rings. The van der Waals surface area contributed by atoms with Gasteiger partial charge in [0.1, 0.15) is 18.0 Å². The van der Waals surface area contributed by atoms with Gasteiger partial charge < -0.3 is 14.4 Å². The topological polar surface area (TPSA) is 93.2 Å². The van der Waals surface area contributed by atoms with E-state index < -0.39 is 17.1 Å². The van der Waals surface area contributed by atoms with E-state index in [1.165, 1.54) is 25.3 Å². The van der Waals surface area contributed by atoms with Gasteiger partial charge in [-0.1, -0.05) is 17.7 Å². The second kappa shape index (κ2) is 10.3. The number of likely N-dealkylation sites (tertiary alicyclic amines) is 1. The summed E-state index contributed by atoms with van der Waals surface area (Å²) in [4.78, 5) is 52.6. The minimum atomic E-state index is -0.582. The maximum Gasteiger partial charge on any atom is 0.343 e. The minimum absolute atomic E-state index is 0.156. The van der Waals surface area contributed by atoms with Crippen molar-refractivity contribution < 1.29 is 28.7 Å². The van der Waals surface area contributed by atoms with E-state index in [1.807, 2.05) is 0 Å². The number of ether oxygens (including phenoxy) is 2. The zero-order valence-electron chi connectivity index (χ0n) is 18.3. The Bertz CT molecular complexity index is 1170. The van der Waals surface area contributed by atoms with E-state index >= 15 is 0 Å². The van der Waals surface area contributed by atoms with E-state index in [1.54, 1.807) is 35.2 Å². The molecule has 0 spiro atoms. The highest BCUT2D eigenvalue weighted by atomic mass is 35.5. The molecule has 0 unspecified atom stereocenters. The van der Waals surface area contributed by atoms with E-state index in [2.05, 4.69) is 0 Å². The van der Waals surface area contributed by atoms with Crippen molar-refractivity contribution in [2.24, 2.45) is 0 Å². The molecule has 2 aromatic carbocycles. The summed E-state index contributed by atoms with van der Waals surface area (Å²) in [5.41, 5.74) is 0.878. The van der Waals surface area contributed by atoms with Gasteiger partial charge in [0.2, 0.25) is 5.91 Å². The molecule has 176 valence electrons. The van der Waals surface area contributed by atoms with Crippen molar-refractivity contribution in [1.29, 1.82) is 0 Å². The normalized spacial score (nSPS) is 16.9. The maximum absolute atomic E-state index is 12.7. The number of hydrogen-bond acceptors (Lipinski definition) is 7. The summed E-state index contributed by atoms with van der Waals surface area (Å²) in [6, 6.07) is 11.1. The molecule has 3 amide bonds. The van der Waals surface area contributed by atoms with Crippen LogP contribution in [0.2, 0.25) is 5.02 Å². The number of methoxy groups -OCH3 is 1. The standard InChI is InChI=1S/C24H21ClN2O6S/c1-32-17-7-5-16(6-8-17)23(30)33-19-9-4-15(12-18(19)25)13-20-22(29)27(24(31)34-20)14-21(28)26-10-2-3-11-26/h4-9,12-13H,2-3,10-11,14H2,1H3/b20-13-. The van der Waals surface area contributed by atoms with Crippen molar-refractivity contribution in [2.45, 2.75) is 12.8 Å². The average Bonchev–Trinajstić information content (AvgIpc) is 3.46. The Morgan fingerprint density at radius 2 is 1.79 bits per heavy atom. The highest BCUT2D eigenvalue weighted by molar-refractivity contribution is 8.18. The lowest BCUT2D eigenvalue weighted by Crippen LogP contribution is -2.40. The lowest BCUT2D eigenvalue weighted by Gasteiger charge is -2.18. The Balaban J connectivity index is 1.43. The van der Waals surface area contributed by atoms with E-state index in [9.17, 15) is 19.2 Å². The largest absolute Gasteiger partial charge is 0.497 e. The second-order valence-corrected chi connectivity index (χ2v) is 9.06. The number of rotatable bonds is 6. The monoisotopic (exact) mass is 500 g/mol. The zero-order chi connectivity index (χ0) is 24.2. The Morgan fingerprint density at radius 3 is 2.44 bits per heavy atom. The number of carbonyl (C=O) groups excluding carboxylic acids is 4. The molecule has 0 atom stereocenters. The van der Waals surface area contributed by atoms with Crippen LogP contribution < -0.4 is 9.47 Å². The first-order chi connectivity index (χ1) is 16.4. The quantitative estimate of drug-likeness (QED) is 0.333. The first-order valence-corrected chi connectivity index (χ1v) is 11.7. The molecule has 34 heavy (non-hydrogen) atoms. The molecule has 0 radical (unpaired) electrons. The molecule has 0 bridgehead atoms. The number of imide groups is 1. The average molecular weight is 501 g/mol. The van der Waals surface area contributed by atoms with Crippen LogP contribution in [-0.4, -0.2) is 59.6 Å². The van der Waals surface area contributed by atoms with Gasteiger partial charge in [-0.15, -0.1) is 0 Å². The smallest absolute Gasteiger partial charge is 0.343 e. The van der Waals surface area contributed by atoms with Crippen molar-refractivity contribution >= 4 is 52.5 Å². The van der Waals surface area contributed by atoms with Crippen molar-refractivity contribution in [3.05, 3.63) is 63.5 Å². The number of benzene rings is 2. The van der Waals surface area contributed by atoms with E-state index in [4.69, 9.17) is 21.1 Å². The van der Waals surface area contributed by atoms with Crippen LogP contribution in [0.3, 0.4) is 0 Å². The van der Waals surface area contributed by atoms with Crippen molar-refractivity contribution in [1.82, 2.24) is 9.80 Å². The van der Waals surface area contributed by atoms with Crippen LogP contribution in [0.15, 0.2) is 47.4 Å². The maximum atomic E-state index is 12.7. The Hall–Kier alpha value is -3.30. The first kappa shape index (κ1) is 23.8. The summed E-state index contributed by atoms with van der Waals surface area (Å²) >= 11 is 7.05. The molecule has 2 aliphatic heterocycles. The summed E-state index contributed by atoms with van der Waals surface area (Å²) in [5, 5.41) is -0.320. The fraction of sp³-hybridized carbons (Fsp3) is 0.250. The Kier molecular flexibility index (Phi) is 7.23. The number of nitrogens with zero attached hydrogens (tertiary/aromatic N) is 2. The molecule has 8 nitrogen and oxygen atoms in total. The number of halogens is 1. The second-order valence-electron chi connectivity index (χ2n) is 7.66. The molecule has 0 aliphatic carbocycles. The van der Waals surface area contributed by atoms with Crippen molar-refractivity contribution in [3.63, 3.8) is 0 Å². The summed E-state index contributed by atoms with van der Waals surface area (Å²) in [5.74, 6) is -0.561. The van der Waals surface area contributed by atoms with Crippen LogP contribution in [0.5, 0.6) is 11.5 Å². The van der Waals surface area contributed by atoms with Crippen LogP contribution in [0, 0.1) is 0 Å². The van der Waals surface area contributed by atoms with Crippen LogP contribution in [-0.2, 0) is 9.59 Å². The van der Waals surface area contributed by atoms with Gasteiger partial charge in [-0.2, -0.15) is 0 Å². The van der Waals surface area contributed by atoms with Gasteiger partial charge in [0.25, 0.3) is 11.1 Å². The van der Waals surface area contributed by atoms with Crippen molar-refractivity contribution in [3.8, 4) is 11.5 Å². The molecule has 0 aromatic heterocycles. The first-order valence-electron chi connectivity index (χ1n) is 10.5. The van der Waals surface area contributed by atoms with Crippen LogP contribution in [0.1, 0.15) is 28.8 Å². The molecule has 4 rings (SSSR count). The lowest BCUT2D eigenvalue weighted by atomic mass is 10.2. The molecule has 0 N–H and O–H groups in total. The number of thioether (sulfide) groups is 1. The minimum Gasteiger partial charge on any atom is -0.497 e. The number of hydrogen-bond donors (Lipinski definition) is 0. The van der Waals surface area contributed by atoms with Crippen LogP contribution in [0.4, 0.5) is 4.79 Å². The Labute approximate surface area is 205 Å². The van der Waals surface area contributed by atoms with E-state index in [-0.39, 0.29) is 28.1 Å². The molecule has 2 aromatic rings. The number of esters is 1. The van der Waals surface area contributed by atoms with Crippen LogP contribution in [0.25, 0.3) is 6.08 Å². The number of carbonyl (C=O) groups is 4. The summed E-state index contributed by atoms with van der Waals surface area (Å²) in [6.07, 6.45) is 3.38. The van der Waals surface area contributed by atoms with Gasteiger partial charge in [0.05, 0.1) is 22.6 Å². The third-order valence-electron chi connectivity index (χ3n) is 5.41. The SMILES string of the molecule is COc1ccc(C(=O)Oc2ccc(/C=C3\SC(=O)N(CC(=O)N4CCCC4)C3=O)cc2Cl)cc1. The van der Waals surface area contributed by atoms with Gasteiger partial charge in [-0.25, -0.2) is 4.79 Å². The van der Waals surface area contributed by atoms with E-state index in [0.29, 0.717) is 30.0 Å². The molecular weight excluding hydrogens is 480 g/mol. The highest BCUT2D eigenvalue weighted by Gasteiger charge is 2.37. The molecule has 2 fully saturated rings. The molecular formula is C24H21ClN2O6S. The summed E-state index contributed by atoms with van der Waals surface area (Å²) in [7, 11) is 1.53. The predicted octanol–water partition coefficient (Wildman–Crippen LogP) is 4.23. The van der Waals surface area contributed by atoms with E-state index in [0.717, 1.165) is 29.5 Å². The summed E-state index contributed by atoms with van der Waals surface area (Å²) in [6.45, 7) is 1.04. The van der Waals surface area contributed by atoms with Crippen LogP contribution >= 0.6 is 23.4 Å². The fourth-order valence-electron chi connectivity index (χ4n) is 3.56. The zero-order valence-corrected chi connectivity index (χ0v) is 19.9. The predicted molar refractivity (Wildman–Crippen MR) is 128 cm³/mol. The third-order valence-corrected chi connectivity index (χ3v) is 6.61. The highest BCUT2D eigenvalue weighted by Crippen LogP contribution is 2.34. The molecule has 10 heteroatoms.